The van der Waals surface area contributed by atoms with E-state index in [1.54, 1.807) is 0 Å². The number of nitrogens with zero attached hydrogens (tertiary/aromatic N) is 1. The summed E-state index contributed by atoms with van der Waals surface area (Å²) in [5.74, 6) is 0.782. The molecular formula is C16H25ClN2. The third-order valence-electron chi connectivity index (χ3n) is 4.57. The van der Waals surface area contributed by atoms with E-state index >= 15 is 0 Å². The van der Waals surface area contributed by atoms with Crippen LogP contribution in [0.3, 0.4) is 0 Å². The van der Waals surface area contributed by atoms with Crippen LogP contribution in [0.2, 0.25) is 5.02 Å². The second-order valence-electron chi connectivity index (χ2n) is 5.75. The summed E-state index contributed by atoms with van der Waals surface area (Å²) in [5.41, 5.74) is 1.34. The summed E-state index contributed by atoms with van der Waals surface area (Å²) in [6, 6.07) is 9.36. The average Bonchev–Trinajstić information content (AvgIpc) is 2.86. The Hall–Kier alpha value is -0.570. The van der Waals surface area contributed by atoms with E-state index in [0.717, 1.165) is 17.5 Å². The first-order valence-electron chi connectivity index (χ1n) is 7.24. The van der Waals surface area contributed by atoms with Crippen molar-refractivity contribution < 1.29 is 0 Å². The van der Waals surface area contributed by atoms with Gasteiger partial charge in [-0.15, -0.1) is 0 Å². The van der Waals surface area contributed by atoms with Crippen LogP contribution in [0.5, 0.6) is 0 Å². The van der Waals surface area contributed by atoms with Crippen molar-refractivity contribution in [3.05, 3.63) is 34.9 Å². The summed E-state index contributed by atoms with van der Waals surface area (Å²) in [4.78, 5) is 2.46. The largest absolute Gasteiger partial charge is 0.317 e. The number of hydrogen-bond acceptors (Lipinski definition) is 2. The molecule has 3 unspecified atom stereocenters. The van der Waals surface area contributed by atoms with Crippen LogP contribution in [0.25, 0.3) is 0 Å². The SMILES string of the molecule is CNC1CCCC1CN(C)C(C)c1ccc(Cl)cc1. The van der Waals surface area contributed by atoms with Gasteiger partial charge in [-0.25, -0.2) is 0 Å². The van der Waals surface area contributed by atoms with Crippen molar-refractivity contribution >= 4 is 11.6 Å². The molecule has 1 saturated carbocycles. The maximum Gasteiger partial charge on any atom is 0.0406 e. The number of hydrogen-bond donors (Lipinski definition) is 1. The lowest BCUT2D eigenvalue weighted by molar-refractivity contribution is 0.206. The van der Waals surface area contributed by atoms with Crippen LogP contribution in [-0.4, -0.2) is 31.6 Å². The van der Waals surface area contributed by atoms with Gasteiger partial charge in [0.2, 0.25) is 0 Å². The van der Waals surface area contributed by atoms with Gasteiger partial charge in [-0.05, 0) is 57.5 Å². The van der Waals surface area contributed by atoms with Gasteiger partial charge in [0, 0.05) is 23.7 Å². The molecule has 0 aromatic heterocycles. The number of halogens is 1. The highest BCUT2D eigenvalue weighted by atomic mass is 35.5. The molecule has 1 aromatic carbocycles. The van der Waals surface area contributed by atoms with E-state index in [2.05, 4.69) is 43.4 Å². The van der Waals surface area contributed by atoms with Crippen molar-refractivity contribution in [3.63, 3.8) is 0 Å². The van der Waals surface area contributed by atoms with Crippen LogP contribution >= 0.6 is 11.6 Å². The maximum atomic E-state index is 5.95. The van der Waals surface area contributed by atoms with Gasteiger partial charge in [-0.3, -0.25) is 4.90 Å². The van der Waals surface area contributed by atoms with E-state index in [4.69, 9.17) is 11.6 Å². The first kappa shape index (κ1) is 14.8. The van der Waals surface area contributed by atoms with Crippen LogP contribution < -0.4 is 5.32 Å². The molecule has 19 heavy (non-hydrogen) atoms. The van der Waals surface area contributed by atoms with E-state index in [1.807, 2.05) is 12.1 Å². The molecule has 0 radical (unpaired) electrons. The minimum atomic E-state index is 0.440. The molecule has 0 amide bonds. The molecule has 3 atom stereocenters. The van der Waals surface area contributed by atoms with Crippen molar-refractivity contribution in [2.24, 2.45) is 5.92 Å². The monoisotopic (exact) mass is 280 g/mol. The van der Waals surface area contributed by atoms with Gasteiger partial charge in [0.05, 0.1) is 0 Å². The van der Waals surface area contributed by atoms with Gasteiger partial charge in [-0.2, -0.15) is 0 Å². The first-order chi connectivity index (χ1) is 9.11. The van der Waals surface area contributed by atoms with Crippen molar-refractivity contribution in [2.75, 3.05) is 20.6 Å². The molecular weight excluding hydrogens is 256 g/mol. The van der Waals surface area contributed by atoms with E-state index < -0.39 is 0 Å². The lowest BCUT2D eigenvalue weighted by Crippen LogP contribution is -2.37. The summed E-state index contributed by atoms with van der Waals surface area (Å²) in [5, 5.41) is 4.27. The Morgan fingerprint density at radius 2 is 2.00 bits per heavy atom. The molecule has 0 heterocycles. The molecule has 1 aliphatic rings. The molecule has 3 heteroatoms. The highest BCUT2D eigenvalue weighted by Crippen LogP contribution is 2.29. The van der Waals surface area contributed by atoms with Crippen LogP contribution in [0.15, 0.2) is 24.3 Å². The fraction of sp³-hybridized carbons (Fsp3) is 0.625. The van der Waals surface area contributed by atoms with Crippen LogP contribution in [-0.2, 0) is 0 Å². The number of benzene rings is 1. The number of nitrogens with one attached hydrogen (secondary N) is 1. The second kappa shape index (κ2) is 6.74. The highest BCUT2D eigenvalue weighted by Gasteiger charge is 2.27. The van der Waals surface area contributed by atoms with Crippen molar-refractivity contribution in [2.45, 2.75) is 38.3 Å². The molecule has 2 rings (SSSR count). The molecule has 0 saturated heterocycles. The standard InChI is InChI=1S/C16H25ClN2/c1-12(13-7-9-15(17)10-8-13)19(3)11-14-5-4-6-16(14)18-2/h7-10,12,14,16,18H,4-6,11H2,1-3H3. The predicted molar refractivity (Wildman–Crippen MR) is 82.7 cm³/mol. The molecule has 2 nitrogen and oxygen atoms in total. The summed E-state index contributed by atoms with van der Waals surface area (Å²) >= 11 is 5.95. The fourth-order valence-corrected chi connectivity index (χ4v) is 3.29. The van der Waals surface area contributed by atoms with Crippen LogP contribution in [0, 0.1) is 5.92 Å². The van der Waals surface area contributed by atoms with E-state index in [0.29, 0.717) is 12.1 Å². The molecule has 0 spiro atoms. The lowest BCUT2D eigenvalue weighted by atomic mass is 10.0. The topological polar surface area (TPSA) is 15.3 Å². The average molecular weight is 281 g/mol. The predicted octanol–water partition coefficient (Wildman–Crippen LogP) is 3.72. The molecule has 1 fully saturated rings. The van der Waals surface area contributed by atoms with Gasteiger partial charge in [0.15, 0.2) is 0 Å². The minimum Gasteiger partial charge on any atom is -0.317 e. The van der Waals surface area contributed by atoms with Gasteiger partial charge >= 0.3 is 0 Å². The zero-order valence-electron chi connectivity index (χ0n) is 12.2. The van der Waals surface area contributed by atoms with Crippen molar-refractivity contribution in [3.8, 4) is 0 Å². The quantitative estimate of drug-likeness (QED) is 0.884. The smallest absolute Gasteiger partial charge is 0.0406 e. The van der Waals surface area contributed by atoms with E-state index in [-0.39, 0.29) is 0 Å². The first-order valence-corrected chi connectivity index (χ1v) is 7.62. The zero-order valence-corrected chi connectivity index (χ0v) is 13.0. The Labute approximate surface area is 122 Å². The third-order valence-corrected chi connectivity index (χ3v) is 4.82. The molecule has 0 aliphatic heterocycles. The molecule has 1 aromatic rings. The third kappa shape index (κ3) is 3.71. The Bertz CT molecular complexity index is 390. The minimum absolute atomic E-state index is 0.440. The van der Waals surface area contributed by atoms with Crippen molar-refractivity contribution in [1.82, 2.24) is 10.2 Å². The summed E-state index contributed by atoms with van der Waals surface area (Å²) in [6.07, 6.45) is 4.03. The lowest BCUT2D eigenvalue weighted by Gasteiger charge is -2.30. The van der Waals surface area contributed by atoms with Gasteiger partial charge in [-0.1, -0.05) is 30.2 Å². The molecule has 1 aliphatic carbocycles. The Morgan fingerprint density at radius 3 is 2.63 bits per heavy atom. The Morgan fingerprint density at radius 1 is 1.32 bits per heavy atom. The van der Waals surface area contributed by atoms with E-state index in [1.165, 1.54) is 24.8 Å². The van der Waals surface area contributed by atoms with Gasteiger partial charge in [0.1, 0.15) is 0 Å². The summed E-state index contributed by atoms with van der Waals surface area (Å²) < 4.78 is 0. The Balaban J connectivity index is 1.95. The molecule has 1 N–H and O–H groups in total. The molecule has 106 valence electrons. The van der Waals surface area contributed by atoms with Crippen molar-refractivity contribution in [1.29, 1.82) is 0 Å². The summed E-state index contributed by atoms with van der Waals surface area (Å²) in [6.45, 7) is 3.43. The van der Waals surface area contributed by atoms with Gasteiger partial charge in [0.25, 0.3) is 0 Å². The summed E-state index contributed by atoms with van der Waals surface area (Å²) in [7, 11) is 4.32. The zero-order chi connectivity index (χ0) is 13.8. The fourth-order valence-electron chi connectivity index (χ4n) is 3.16. The van der Waals surface area contributed by atoms with Gasteiger partial charge < -0.3 is 5.32 Å². The second-order valence-corrected chi connectivity index (χ2v) is 6.19. The maximum absolute atomic E-state index is 5.95. The number of rotatable bonds is 5. The Kier molecular flexibility index (Phi) is 5.26. The normalized spacial score (nSPS) is 24.9. The van der Waals surface area contributed by atoms with Crippen LogP contribution in [0.1, 0.15) is 37.8 Å². The van der Waals surface area contributed by atoms with Crippen LogP contribution in [0.4, 0.5) is 0 Å². The highest BCUT2D eigenvalue weighted by molar-refractivity contribution is 6.30. The molecule has 0 bridgehead atoms. The van der Waals surface area contributed by atoms with E-state index in [9.17, 15) is 0 Å².